The second-order valence-electron chi connectivity index (χ2n) is 3.56. The molecule has 0 aromatic carbocycles. The molecule has 2 rings (SSSR count). The summed E-state index contributed by atoms with van der Waals surface area (Å²) >= 11 is 4.85. The van der Waals surface area contributed by atoms with Crippen molar-refractivity contribution in [1.82, 2.24) is 10.3 Å². The Bertz CT molecular complexity index is 305. The van der Waals surface area contributed by atoms with Gasteiger partial charge in [-0.25, -0.2) is 0 Å². The molecule has 2 atom stereocenters. The van der Waals surface area contributed by atoms with E-state index in [-0.39, 0.29) is 6.10 Å². The van der Waals surface area contributed by atoms with Gasteiger partial charge in [0.1, 0.15) is 10.7 Å². The van der Waals surface area contributed by atoms with Crippen LogP contribution in [0.2, 0.25) is 0 Å². The first-order chi connectivity index (χ1) is 6.75. The Balaban J connectivity index is 1.95. The number of hydrogen-bond acceptors (Lipinski definition) is 4. The zero-order valence-corrected chi connectivity index (χ0v) is 10.4. The smallest absolute Gasteiger partial charge is 0.274 e. The minimum absolute atomic E-state index is 0.266. The van der Waals surface area contributed by atoms with E-state index >= 15 is 0 Å². The molecular formula is C9H13BrN2OS. The normalized spacial score (nSPS) is 27.6. The Morgan fingerprint density at radius 2 is 2.57 bits per heavy atom. The SMILES string of the molecule is CC1CCNCC1Oc1nc(Br)cs1. The van der Waals surface area contributed by atoms with Crippen molar-refractivity contribution < 1.29 is 4.74 Å². The first-order valence-corrected chi connectivity index (χ1v) is 6.41. The number of hydrogen-bond donors (Lipinski definition) is 1. The van der Waals surface area contributed by atoms with Gasteiger partial charge in [-0.15, -0.1) is 0 Å². The molecule has 1 aromatic heterocycles. The van der Waals surface area contributed by atoms with Crippen LogP contribution in [0, 0.1) is 5.92 Å². The number of ether oxygens (including phenoxy) is 1. The van der Waals surface area contributed by atoms with E-state index in [0.29, 0.717) is 5.92 Å². The molecule has 0 spiro atoms. The molecule has 5 heteroatoms. The third-order valence-corrected chi connectivity index (χ3v) is 3.90. The first-order valence-electron chi connectivity index (χ1n) is 4.74. The predicted octanol–water partition coefficient (Wildman–Crippen LogP) is 2.28. The van der Waals surface area contributed by atoms with Gasteiger partial charge in [0.25, 0.3) is 5.19 Å². The van der Waals surface area contributed by atoms with Crippen molar-refractivity contribution in [3.8, 4) is 5.19 Å². The second-order valence-corrected chi connectivity index (χ2v) is 5.20. The summed E-state index contributed by atoms with van der Waals surface area (Å²) in [4.78, 5) is 4.22. The zero-order valence-electron chi connectivity index (χ0n) is 8.00. The third-order valence-electron chi connectivity index (χ3n) is 2.46. The van der Waals surface area contributed by atoms with E-state index in [0.717, 1.165) is 22.9 Å². The molecule has 78 valence electrons. The molecule has 3 nitrogen and oxygen atoms in total. The van der Waals surface area contributed by atoms with Gasteiger partial charge in [0.15, 0.2) is 0 Å². The number of aromatic nitrogens is 1. The molecule has 14 heavy (non-hydrogen) atoms. The van der Waals surface area contributed by atoms with Crippen molar-refractivity contribution in [1.29, 1.82) is 0 Å². The van der Waals surface area contributed by atoms with Crippen LogP contribution in [0.5, 0.6) is 5.19 Å². The monoisotopic (exact) mass is 276 g/mol. The fourth-order valence-corrected chi connectivity index (χ4v) is 2.68. The average Bonchev–Trinajstić information content (AvgIpc) is 2.56. The lowest BCUT2D eigenvalue weighted by atomic mass is 9.97. The standard InChI is InChI=1S/C9H13BrN2OS/c1-6-2-3-11-4-7(6)13-9-12-8(10)5-14-9/h5-7,11H,2-4H2,1H3. The van der Waals surface area contributed by atoms with E-state index in [1.165, 1.54) is 17.8 Å². The van der Waals surface area contributed by atoms with E-state index in [9.17, 15) is 0 Å². The number of thiazole rings is 1. The van der Waals surface area contributed by atoms with Gasteiger partial charge in [-0.1, -0.05) is 18.3 Å². The fraction of sp³-hybridized carbons (Fsp3) is 0.667. The largest absolute Gasteiger partial charge is 0.465 e. The highest BCUT2D eigenvalue weighted by Gasteiger charge is 2.23. The highest BCUT2D eigenvalue weighted by atomic mass is 79.9. The summed E-state index contributed by atoms with van der Waals surface area (Å²) in [6.07, 6.45) is 1.44. The van der Waals surface area contributed by atoms with Crippen LogP contribution in [0.4, 0.5) is 0 Å². The van der Waals surface area contributed by atoms with Crippen molar-refractivity contribution in [3.63, 3.8) is 0 Å². The quantitative estimate of drug-likeness (QED) is 0.900. The summed E-state index contributed by atoms with van der Waals surface area (Å²) in [5.74, 6) is 0.610. The molecule has 1 aromatic rings. The molecule has 0 amide bonds. The van der Waals surface area contributed by atoms with E-state index in [1.807, 2.05) is 5.38 Å². The Kier molecular flexibility index (Phi) is 3.41. The number of nitrogens with zero attached hydrogens (tertiary/aromatic N) is 1. The topological polar surface area (TPSA) is 34.1 Å². The van der Waals surface area contributed by atoms with Crippen LogP contribution in [0.15, 0.2) is 9.98 Å². The average molecular weight is 277 g/mol. The van der Waals surface area contributed by atoms with Gasteiger partial charge in [0, 0.05) is 11.9 Å². The van der Waals surface area contributed by atoms with Gasteiger partial charge < -0.3 is 10.1 Å². The second kappa shape index (κ2) is 4.59. The van der Waals surface area contributed by atoms with Crippen molar-refractivity contribution in [2.24, 2.45) is 5.92 Å². The number of halogens is 1. The predicted molar refractivity (Wildman–Crippen MR) is 60.9 cm³/mol. The highest BCUT2D eigenvalue weighted by molar-refractivity contribution is 9.10. The van der Waals surface area contributed by atoms with Crippen LogP contribution < -0.4 is 10.1 Å². The van der Waals surface area contributed by atoms with Gasteiger partial charge in [-0.05, 0) is 34.8 Å². The van der Waals surface area contributed by atoms with Gasteiger partial charge in [-0.2, -0.15) is 4.98 Å². The Morgan fingerprint density at radius 1 is 1.71 bits per heavy atom. The molecule has 1 aliphatic rings. The lowest BCUT2D eigenvalue weighted by Crippen LogP contribution is -2.42. The molecule has 2 heterocycles. The van der Waals surface area contributed by atoms with Crippen molar-refractivity contribution >= 4 is 27.3 Å². The van der Waals surface area contributed by atoms with Crippen molar-refractivity contribution in [2.45, 2.75) is 19.4 Å². The van der Waals surface area contributed by atoms with Crippen molar-refractivity contribution in [2.75, 3.05) is 13.1 Å². The summed E-state index contributed by atoms with van der Waals surface area (Å²) in [6.45, 7) is 4.26. The summed E-state index contributed by atoms with van der Waals surface area (Å²) < 4.78 is 6.66. The molecule has 0 radical (unpaired) electrons. The molecule has 0 bridgehead atoms. The molecule has 1 N–H and O–H groups in total. The Hall–Kier alpha value is -0.130. The molecular weight excluding hydrogens is 264 g/mol. The minimum atomic E-state index is 0.266. The molecule has 1 aliphatic heterocycles. The Morgan fingerprint density at radius 3 is 3.21 bits per heavy atom. The fourth-order valence-electron chi connectivity index (χ4n) is 1.54. The van der Waals surface area contributed by atoms with Gasteiger partial charge >= 0.3 is 0 Å². The highest BCUT2D eigenvalue weighted by Crippen LogP contribution is 2.25. The molecule has 1 fully saturated rings. The van der Waals surface area contributed by atoms with Gasteiger partial charge in [-0.3, -0.25) is 0 Å². The van der Waals surface area contributed by atoms with E-state index in [4.69, 9.17) is 4.74 Å². The van der Waals surface area contributed by atoms with Gasteiger partial charge in [0.2, 0.25) is 0 Å². The lowest BCUT2D eigenvalue weighted by molar-refractivity contribution is 0.114. The first kappa shape index (κ1) is 10.4. The number of piperidine rings is 1. The minimum Gasteiger partial charge on any atom is -0.465 e. The summed E-state index contributed by atoms with van der Waals surface area (Å²) in [7, 11) is 0. The number of rotatable bonds is 2. The maximum atomic E-state index is 5.80. The third kappa shape index (κ3) is 2.46. The van der Waals surface area contributed by atoms with Crippen LogP contribution in [0.1, 0.15) is 13.3 Å². The summed E-state index contributed by atoms with van der Waals surface area (Å²) in [5.41, 5.74) is 0. The van der Waals surface area contributed by atoms with Crippen molar-refractivity contribution in [3.05, 3.63) is 9.98 Å². The molecule has 2 unspecified atom stereocenters. The van der Waals surface area contributed by atoms with Gasteiger partial charge in [0.05, 0.1) is 0 Å². The van der Waals surface area contributed by atoms with Crippen LogP contribution in [-0.2, 0) is 0 Å². The zero-order chi connectivity index (χ0) is 9.97. The number of nitrogens with one attached hydrogen (secondary N) is 1. The molecule has 0 saturated carbocycles. The van der Waals surface area contributed by atoms with Crippen LogP contribution in [-0.4, -0.2) is 24.2 Å². The summed E-state index contributed by atoms with van der Waals surface area (Å²) in [6, 6.07) is 0. The van der Waals surface area contributed by atoms with Crippen LogP contribution in [0.25, 0.3) is 0 Å². The maximum Gasteiger partial charge on any atom is 0.274 e. The Labute approximate surface area is 96.0 Å². The maximum absolute atomic E-state index is 5.80. The van der Waals surface area contributed by atoms with E-state index < -0.39 is 0 Å². The summed E-state index contributed by atoms with van der Waals surface area (Å²) in [5, 5.41) is 6.03. The van der Waals surface area contributed by atoms with E-state index in [1.54, 1.807) is 0 Å². The molecule has 1 saturated heterocycles. The van der Waals surface area contributed by atoms with E-state index in [2.05, 4.69) is 33.2 Å². The van der Waals surface area contributed by atoms with Crippen LogP contribution in [0.3, 0.4) is 0 Å². The lowest BCUT2D eigenvalue weighted by Gasteiger charge is -2.28. The van der Waals surface area contributed by atoms with Crippen LogP contribution >= 0.6 is 27.3 Å². The molecule has 0 aliphatic carbocycles.